The number of unbranched alkanes of at least 4 members (excludes halogenated alkanes) is 2. The highest BCUT2D eigenvalue weighted by atomic mass is 16.5. The van der Waals surface area contributed by atoms with Crippen molar-refractivity contribution in [3.05, 3.63) is 38.0 Å². The van der Waals surface area contributed by atoms with Gasteiger partial charge in [-0.05, 0) is 50.9 Å². The van der Waals surface area contributed by atoms with Crippen molar-refractivity contribution in [3.63, 3.8) is 0 Å². The molecule has 1 aliphatic rings. The Kier molecular flexibility index (Phi) is 15.6. The first-order valence-electron chi connectivity index (χ1n) is 12.2. The number of rotatable bonds is 15. The summed E-state index contributed by atoms with van der Waals surface area (Å²) in [4.78, 5) is 37.3. The van der Waals surface area contributed by atoms with Gasteiger partial charge in [0.05, 0.1) is 13.2 Å². The monoisotopic (exact) mass is 511 g/mol. The molecule has 0 amide bonds. The Balaban J connectivity index is 2.84. The number of nitrogens with zero attached hydrogens (tertiary/aromatic N) is 2. The number of esters is 3. The summed E-state index contributed by atoms with van der Waals surface area (Å²) in [6, 6.07) is 0. The maximum absolute atomic E-state index is 11.5. The molecule has 1 aliphatic heterocycles. The van der Waals surface area contributed by atoms with Gasteiger partial charge in [0, 0.05) is 31.3 Å². The lowest BCUT2D eigenvalue weighted by atomic mass is 9.94. The van der Waals surface area contributed by atoms with Crippen LogP contribution in [0.1, 0.15) is 44.9 Å². The van der Waals surface area contributed by atoms with Crippen LogP contribution in [0.25, 0.3) is 0 Å². The zero-order valence-electron chi connectivity index (χ0n) is 21.0. The summed E-state index contributed by atoms with van der Waals surface area (Å²) in [6.45, 7) is 11.1. The molecule has 36 heavy (non-hydrogen) atoms. The van der Waals surface area contributed by atoms with Crippen LogP contribution < -0.4 is 5.73 Å². The van der Waals surface area contributed by atoms with E-state index in [4.69, 9.17) is 19.9 Å². The zero-order valence-corrected chi connectivity index (χ0v) is 21.0. The van der Waals surface area contributed by atoms with E-state index in [2.05, 4.69) is 19.7 Å². The number of carbonyl (C=O) groups is 3. The first kappa shape index (κ1) is 31.5. The Hall–Kier alpha value is -2.57. The molecule has 1 heterocycles. The zero-order chi connectivity index (χ0) is 26.9. The number of aliphatic hydroxyl groups is 2. The van der Waals surface area contributed by atoms with Gasteiger partial charge in [-0.1, -0.05) is 19.7 Å². The van der Waals surface area contributed by atoms with Gasteiger partial charge in [0.15, 0.2) is 0 Å². The van der Waals surface area contributed by atoms with Crippen LogP contribution in [0, 0.1) is 5.92 Å². The Bertz CT molecular complexity index is 732. The number of hydrogen-bond donors (Lipinski definition) is 3. The van der Waals surface area contributed by atoms with Gasteiger partial charge < -0.3 is 30.2 Å². The third-order valence-corrected chi connectivity index (χ3v) is 5.99. The second-order valence-electron chi connectivity index (χ2n) is 8.49. The topological polar surface area (TPSA) is 152 Å². The lowest BCUT2D eigenvalue weighted by molar-refractivity contribution is -0.146. The van der Waals surface area contributed by atoms with Crippen molar-refractivity contribution in [2.24, 2.45) is 11.7 Å². The van der Waals surface area contributed by atoms with E-state index in [9.17, 15) is 24.6 Å². The molecule has 4 N–H and O–H groups in total. The molecule has 204 valence electrons. The summed E-state index contributed by atoms with van der Waals surface area (Å²) < 4.78 is 15.1. The Labute approximate surface area is 213 Å². The van der Waals surface area contributed by atoms with Crippen LogP contribution in [0.4, 0.5) is 0 Å². The first-order chi connectivity index (χ1) is 17.2. The van der Waals surface area contributed by atoms with Crippen LogP contribution >= 0.6 is 0 Å². The normalized spacial score (nSPS) is 23.4. The van der Waals surface area contributed by atoms with Crippen LogP contribution in [-0.2, 0) is 28.6 Å². The van der Waals surface area contributed by atoms with Crippen LogP contribution in [0.5, 0.6) is 0 Å². The smallest absolute Gasteiger partial charge is 0.330 e. The van der Waals surface area contributed by atoms with E-state index in [1.54, 1.807) is 9.80 Å². The first-order valence-corrected chi connectivity index (χ1v) is 12.2. The fourth-order valence-electron chi connectivity index (χ4n) is 3.97. The highest BCUT2D eigenvalue weighted by Crippen LogP contribution is 2.26. The molecule has 1 fully saturated rings. The molecule has 0 bridgehead atoms. The Morgan fingerprint density at radius 2 is 1.33 bits per heavy atom. The highest BCUT2D eigenvalue weighted by Gasteiger charge is 2.34. The van der Waals surface area contributed by atoms with Gasteiger partial charge in [-0.3, -0.25) is 4.90 Å². The summed E-state index contributed by atoms with van der Waals surface area (Å²) in [5.41, 5.74) is 6.50. The molecular weight excluding hydrogens is 470 g/mol. The van der Waals surface area contributed by atoms with Gasteiger partial charge >= 0.3 is 17.9 Å². The number of nitrogens with two attached hydrogens (primary N) is 1. The average molecular weight is 512 g/mol. The molecule has 0 saturated carbocycles. The average Bonchev–Trinajstić information content (AvgIpc) is 2.90. The molecule has 0 aromatic rings. The molecule has 0 spiro atoms. The second kappa shape index (κ2) is 17.8. The standard InChI is InChI=1S/C25H41N3O8/c1-4-22(31)34-15-9-7-8-13-27-20(29)11-10-19(12-16-35-23(32)5-2)18-21(30)28(25(27)26)14-17-36-24(33)6-3/h4-6,19-21,25,29-30H,1-3,7-18,26H2. The number of ether oxygens (including phenoxy) is 3. The van der Waals surface area contributed by atoms with Crippen molar-refractivity contribution in [2.75, 3.05) is 32.9 Å². The van der Waals surface area contributed by atoms with Crippen LogP contribution in [0.3, 0.4) is 0 Å². The van der Waals surface area contributed by atoms with E-state index in [-0.39, 0.29) is 32.3 Å². The number of carbonyl (C=O) groups excluding carboxylic acids is 3. The van der Waals surface area contributed by atoms with E-state index < -0.39 is 36.7 Å². The maximum Gasteiger partial charge on any atom is 0.330 e. The fraction of sp³-hybridized carbons (Fsp3) is 0.640. The SMILES string of the molecule is C=CC(=O)OCCCCCN1C(O)CCC(CCOC(=O)C=C)CC(O)N(CCOC(=O)C=C)C1N. The Morgan fingerprint density at radius 1 is 0.778 bits per heavy atom. The lowest BCUT2D eigenvalue weighted by Crippen LogP contribution is -2.61. The van der Waals surface area contributed by atoms with Crippen molar-refractivity contribution in [1.82, 2.24) is 9.80 Å². The summed E-state index contributed by atoms with van der Waals surface area (Å²) in [7, 11) is 0. The lowest BCUT2D eigenvalue weighted by Gasteiger charge is -2.41. The third kappa shape index (κ3) is 11.9. The number of aliphatic hydroxyl groups excluding tert-OH is 2. The third-order valence-electron chi connectivity index (χ3n) is 5.99. The van der Waals surface area contributed by atoms with Crippen molar-refractivity contribution in [2.45, 2.75) is 63.7 Å². The van der Waals surface area contributed by atoms with Gasteiger partial charge in [0.2, 0.25) is 0 Å². The van der Waals surface area contributed by atoms with E-state index in [0.717, 1.165) is 24.6 Å². The van der Waals surface area contributed by atoms with Crippen molar-refractivity contribution in [3.8, 4) is 0 Å². The van der Waals surface area contributed by atoms with Gasteiger partial charge in [-0.15, -0.1) is 0 Å². The summed E-state index contributed by atoms with van der Waals surface area (Å²) in [6.07, 6.45) is 4.46. The molecule has 1 rings (SSSR count). The van der Waals surface area contributed by atoms with E-state index in [1.165, 1.54) is 0 Å². The van der Waals surface area contributed by atoms with Crippen molar-refractivity contribution in [1.29, 1.82) is 0 Å². The van der Waals surface area contributed by atoms with E-state index in [0.29, 0.717) is 45.1 Å². The van der Waals surface area contributed by atoms with E-state index >= 15 is 0 Å². The van der Waals surface area contributed by atoms with Gasteiger partial charge in [0.1, 0.15) is 25.4 Å². The van der Waals surface area contributed by atoms with Gasteiger partial charge in [0.25, 0.3) is 0 Å². The molecular formula is C25H41N3O8. The minimum atomic E-state index is -0.978. The summed E-state index contributed by atoms with van der Waals surface area (Å²) in [5.74, 6) is -1.62. The molecule has 11 heteroatoms. The molecule has 4 unspecified atom stereocenters. The summed E-state index contributed by atoms with van der Waals surface area (Å²) in [5, 5.41) is 22.0. The highest BCUT2D eigenvalue weighted by molar-refractivity contribution is 5.81. The predicted molar refractivity (Wildman–Crippen MR) is 133 cm³/mol. The summed E-state index contributed by atoms with van der Waals surface area (Å²) >= 11 is 0. The largest absolute Gasteiger partial charge is 0.463 e. The van der Waals surface area contributed by atoms with Crippen LogP contribution in [-0.4, -0.2) is 89.6 Å². The Morgan fingerprint density at radius 3 is 1.94 bits per heavy atom. The predicted octanol–water partition coefficient (Wildman–Crippen LogP) is 1.02. The quantitative estimate of drug-likeness (QED) is 0.125. The van der Waals surface area contributed by atoms with Gasteiger partial charge in [-0.2, -0.15) is 0 Å². The second-order valence-corrected chi connectivity index (χ2v) is 8.49. The molecule has 0 aromatic heterocycles. The molecule has 11 nitrogen and oxygen atoms in total. The van der Waals surface area contributed by atoms with Crippen molar-refractivity contribution >= 4 is 17.9 Å². The molecule has 0 aromatic carbocycles. The van der Waals surface area contributed by atoms with Crippen LogP contribution in [0.15, 0.2) is 38.0 Å². The molecule has 1 saturated heterocycles. The van der Waals surface area contributed by atoms with E-state index in [1.807, 2.05) is 0 Å². The fourth-order valence-corrected chi connectivity index (χ4v) is 3.97. The molecule has 4 atom stereocenters. The van der Waals surface area contributed by atoms with Crippen LogP contribution in [0.2, 0.25) is 0 Å². The van der Waals surface area contributed by atoms with Gasteiger partial charge in [-0.25, -0.2) is 19.3 Å². The van der Waals surface area contributed by atoms with Crippen molar-refractivity contribution < 1.29 is 38.8 Å². The molecule has 0 radical (unpaired) electrons. The molecule has 0 aliphatic carbocycles. The minimum Gasteiger partial charge on any atom is -0.463 e. The maximum atomic E-state index is 11.5. The minimum absolute atomic E-state index is 0.0180. The number of hydrogen-bond acceptors (Lipinski definition) is 11.